The summed E-state index contributed by atoms with van der Waals surface area (Å²) in [6.07, 6.45) is 2.32. The number of rotatable bonds is 5. The van der Waals surface area contributed by atoms with Gasteiger partial charge < -0.3 is 4.52 Å². The number of benzene rings is 1. The van der Waals surface area contributed by atoms with Crippen LogP contribution in [0.15, 0.2) is 33.9 Å². The van der Waals surface area contributed by atoms with Crippen molar-refractivity contribution in [3.8, 4) is 5.69 Å². The second-order valence-corrected chi connectivity index (χ2v) is 6.71. The van der Waals surface area contributed by atoms with Gasteiger partial charge in [0, 0.05) is 5.92 Å². The molecule has 0 radical (unpaired) electrons. The largest absolute Gasteiger partial charge is 0.339 e. The molecule has 23 heavy (non-hydrogen) atoms. The van der Waals surface area contributed by atoms with E-state index in [0.29, 0.717) is 17.5 Å². The molecular weight excluding hydrogens is 310 g/mol. The Bertz CT molecular complexity index is 837. The quantitative estimate of drug-likeness (QED) is 0.669. The van der Waals surface area contributed by atoms with E-state index in [-0.39, 0.29) is 0 Å². The van der Waals surface area contributed by atoms with Crippen molar-refractivity contribution >= 4 is 11.8 Å². The summed E-state index contributed by atoms with van der Waals surface area (Å²) in [7, 11) is 0. The number of aryl methyl sites for hydroxylation is 2. The highest BCUT2D eigenvalue weighted by atomic mass is 32.2. The summed E-state index contributed by atoms with van der Waals surface area (Å²) in [5.41, 5.74) is 2.29. The molecule has 3 aromatic rings. The van der Waals surface area contributed by atoms with Gasteiger partial charge >= 0.3 is 0 Å². The van der Waals surface area contributed by atoms with E-state index < -0.39 is 0 Å². The van der Waals surface area contributed by atoms with E-state index in [1.807, 2.05) is 19.1 Å². The molecule has 0 atom stereocenters. The molecular formula is C16H17N5OS. The van der Waals surface area contributed by atoms with Gasteiger partial charge in [0.1, 0.15) is 5.82 Å². The van der Waals surface area contributed by atoms with Gasteiger partial charge in [0.05, 0.1) is 11.4 Å². The third-order valence-corrected chi connectivity index (χ3v) is 4.82. The van der Waals surface area contributed by atoms with E-state index in [1.165, 1.54) is 5.56 Å². The fourth-order valence-electron chi connectivity index (χ4n) is 2.48. The molecule has 2 aromatic heterocycles. The van der Waals surface area contributed by atoms with E-state index >= 15 is 0 Å². The average Bonchev–Trinajstić information content (AvgIpc) is 3.19. The molecule has 1 fully saturated rings. The molecule has 1 aliphatic carbocycles. The smallest absolute Gasteiger partial charge is 0.229 e. The molecule has 2 heterocycles. The number of hydrogen-bond donors (Lipinski definition) is 0. The van der Waals surface area contributed by atoms with E-state index in [0.717, 1.165) is 35.4 Å². The minimum absolute atomic E-state index is 0.485. The molecule has 0 aliphatic heterocycles. The first-order valence-corrected chi connectivity index (χ1v) is 8.64. The lowest BCUT2D eigenvalue weighted by Crippen LogP contribution is -2.01. The molecule has 0 saturated heterocycles. The number of nitrogens with zero attached hydrogens (tertiary/aromatic N) is 5. The Balaban J connectivity index is 1.56. The van der Waals surface area contributed by atoms with Crippen molar-refractivity contribution in [3.05, 3.63) is 47.4 Å². The zero-order valence-electron chi connectivity index (χ0n) is 13.1. The van der Waals surface area contributed by atoms with Crippen LogP contribution in [0.25, 0.3) is 5.69 Å². The van der Waals surface area contributed by atoms with Crippen LogP contribution < -0.4 is 0 Å². The fourth-order valence-corrected chi connectivity index (χ4v) is 3.31. The first kappa shape index (κ1) is 14.4. The predicted octanol–water partition coefficient (Wildman–Crippen LogP) is 3.44. The van der Waals surface area contributed by atoms with E-state index in [1.54, 1.807) is 11.8 Å². The molecule has 6 nitrogen and oxygen atoms in total. The second kappa shape index (κ2) is 5.81. The van der Waals surface area contributed by atoms with Gasteiger partial charge in [-0.3, -0.25) is 4.57 Å². The van der Waals surface area contributed by atoms with Crippen LogP contribution in [0.2, 0.25) is 0 Å². The van der Waals surface area contributed by atoms with Gasteiger partial charge in [0.15, 0.2) is 11.0 Å². The van der Waals surface area contributed by atoms with Crippen LogP contribution in [0, 0.1) is 13.8 Å². The Morgan fingerprint density at radius 2 is 2.04 bits per heavy atom. The van der Waals surface area contributed by atoms with Crippen LogP contribution in [-0.2, 0) is 5.75 Å². The average molecular weight is 327 g/mol. The molecule has 0 bridgehead atoms. The standard InChI is InChI=1S/C16H17N5OS/c1-10-5-3-4-6-13(10)21-11(2)18-19-16(21)23-9-14-17-15(22-20-14)12-7-8-12/h3-6,12H,7-9H2,1-2H3. The second-order valence-electron chi connectivity index (χ2n) is 5.76. The first-order chi connectivity index (χ1) is 11.2. The summed E-state index contributed by atoms with van der Waals surface area (Å²) in [6.45, 7) is 4.05. The summed E-state index contributed by atoms with van der Waals surface area (Å²) in [5, 5.41) is 13.4. The minimum Gasteiger partial charge on any atom is -0.339 e. The lowest BCUT2D eigenvalue weighted by Gasteiger charge is -2.10. The van der Waals surface area contributed by atoms with Crippen LogP contribution in [0.1, 0.15) is 41.9 Å². The maximum absolute atomic E-state index is 5.30. The summed E-state index contributed by atoms with van der Waals surface area (Å²) >= 11 is 1.57. The van der Waals surface area contributed by atoms with Crippen LogP contribution in [0.4, 0.5) is 0 Å². The van der Waals surface area contributed by atoms with Crippen molar-refractivity contribution in [1.82, 2.24) is 24.9 Å². The fraction of sp³-hybridized carbons (Fsp3) is 0.375. The monoisotopic (exact) mass is 327 g/mol. The van der Waals surface area contributed by atoms with Gasteiger partial charge in [-0.1, -0.05) is 35.1 Å². The van der Waals surface area contributed by atoms with Gasteiger partial charge in [-0.2, -0.15) is 4.98 Å². The number of aromatic nitrogens is 5. The highest BCUT2D eigenvalue weighted by molar-refractivity contribution is 7.98. The van der Waals surface area contributed by atoms with E-state index in [2.05, 4.69) is 44.0 Å². The van der Waals surface area contributed by atoms with Crippen molar-refractivity contribution in [2.75, 3.05) is 0 Å². The third kappa shape index (κ3) is 2.88. The van der Waals surface area contributed by atoms with Gasteiger partial charge in [0.2, 0.25) is 5.89 Å². The molecule has 1 aliphatic rings. The van der Waals surface area contributed by atoms with Gasteiger partial charge in [-0.15, -0.1) is 10.2 Å². The Morgan fingerprint density at radius 3 is 2.83 bits per heavy atom. The van der Waals surface area contributed by atoms with E-state index in [9.17, 15) is 0 Å². The Morgan fingerprint density at radius 1 is 1.22 bits per heavy atom. The van der Waals surface area contributed by atoms with Crippen LogP contribution in [0.3, 0.4) is 0 Å². The normalized spacial score (nSPS) is 14.3. The predicted molar refractivity (Wildman–Crippen MR) is 86.7 cm³/mol. The maximum Gasteiger partial charge on any atom is 0.229 e. The van der Waals surface area contributed by atoms with Crippen molar-refractivity contribution < 1.29 is 4.52 Å². The topological polar surface area (TPSA) is 69.6 Å². The molecule has 1 aromatic carbocycles. The van der Waals surface area contributed by atoms with Crippen LogP contribution >= 0.6 is 11.8 Å². The highest BCUT2D eigenvalue weighted by Gasteiger charge is 2.29. The Labute approximate surface area is 138 Å². The van der Waals surface area contributed by atoms with Crippen molar-refractivity contribution in [3.63, 3.8) is 0 Å². The maximum atomic E-state index is 5.30. The first-order valence-electron chi connectivity index (χ1n) is 7.65. The summed E-state index contributed by atoms with van der Waals surface area (Å²) in [6, 6.07) is 8.22. The molecule has 1 saturated carbocycles. The Kier molecular flexibility index (Phi) is 3.65. The number of para-hydroxylation sites is 1. The molecule has 4 rings (SSSR count). The third-order valence-electron chi connectivity index (χ3n) is 3.89. The molecule has 0 N–H and O–H groups in total. The lowest BCUT2D eigenvalue weighted by molar-refractivity contribution is 0.375. The summed E-state index contributed by atoms with van der Waals surface area (Å²) in [4.78, 5) is 4.46. The van der Waals surface area contributed by atoms with Crippen molar-refractivity contribution in [2.24, 2.45) is 0 Å². The van der Waals surface area contributed by atoms with Gasteiger partial charge in [0.25, 0.3) is 0 Å². The van der Waals surface area contributed by atoms with E-state index in [4.69, 9.17) is 4.52 Å². The van der Waals surface area contributed by atoms with Crippen LogP contribution in [-0.4, -0.2) is 24.9 Å². The van der Waals surface area contributed by atoms with Gasteiger partial charge in [-0.05, 0) is 38.3 Å². The minimum atomic E-state index is 0.485. The zero-order valence-corrected chi connectivity index (χ0v) is 13.9. The molecule has 118 valence electrons. The highest BCUT2D eigenvalue weighted by Crippen LogP contribution is 2.39. The summed E-state index contributed by atoms with van der Waals surface area (Å²) in [5.74, 6) is 3.47. The number of thioether (sulfide) groups is 1. The SMILES string of the molecule is Cc1ccccc1-n1c(C)nnc1SCc1noc(C2CC2)n1. The molecule has 0 spiro atoms. The van der Waals surface area contributed by atoms with Crippen LogP contribution in [0.5, 0.6) is 0 Å². The van der Waals surface area contributed by atoms with Gasteiger partial charge in [-0.25, -0.2) is 0 Å². The lowest BCUT2D eigenvalue weighted by atomic mass is 10.2. The molecule has 0 unspecified atom stereocenters. The summed E-state index contributed by atoms with van der Waals surface area (Å²) < 4.78 is 7.37. The molecule has 7 heteroatoms. The zero-order chi connectivity index (χ0) is 15.8. The number of hydrogen-bond acceptors (Lipinski definition) is 6. The molecule has 0 amide bonds. The van der Waals surface area contributed by atoms with Crippen molar-refractivity contribution in [1.29, 1.82) is 0 Å². The van der Waals surface area contributed by atoms with Crippen molar-refractivity contribution in [2.45, 2.75) is 43.5 Å². The Hall–Kier alpha value is -2.15.